The minimum Gasteiger partial charge on any atom is -0.420 e. The number of nitrogens with one attached hydrogen (secondary N) is 1. The molecule has 4 heterocycles. The number of likely N-dealkylation sites (tertiary alicyclic amines) is 1. The molecule has 33 heavy (non-hydrogen) atoms. The monoisotopic (exact) mass is 464 g/mol. The van der Waals surface area contributed by atoms with Crippen LogP contribution in [0.25, 0.3) is 17.1 Å². The maximum absolute atomic E-state index is 12.5. The molecule has 9 nitrogen and oxygen atoms in total. The van der Waals surface area contributed by atoms with Crippen LogP contribution in [0.5, 0.6) is 0 Å². The molecule has 0 unspecified atom stereocenters. The van der Waals surface area contributed by atoms with Gasteiger partial charge >= 0.3 is 0 Å². The molecule has 0 atom stereocenters. The van der Waals surface area contributed by atoms with Crippen LogP contribution in [0.3, 0.4) is 0 Å². The first-order chi connectivity index (χ1) is 16.1. The van der Waals surface area contributed by atoms with Crippen LogP contribution in [-0.2, 0) is 10.2 Å². The van der Waals surface area contributed by atoms with E-state index in [1.807, 2.05) is 24.3 Å². The van der Waals surface area contributed by atoms with E-state index < -0.39 is 0 Å². The molecule has 10 heteroatoms. The first-order valence-corrected chi connectivity index (χ1v) is 11.4. The van der Waals surface area contributed by atoms with Gasteiger partial charge in [0.05, 0.1) is 17.3 Å². The third-order valence-electron chi connectivity index (χ3n) is 6.84. The van der Waals surface area contributed by atoms with Crippen LogP contribution in [0.15, 0.2) is 45.7 Å². The fraction of sp³-hybridized carbons (Fsp3) is 0.348. The van der Waals surface area contributed by atoms with Crippen LogP contribution in [0, 0.1) is 0 Å². The van der Waals surface area contributed by atoms with E-state index in [2.05, 4.69) is 20.3 Å². The molecule has 1 saturated heterocycles. The number of hydrogen-bond donors (Lipinski definition) is 1. The van der Waals surface area contributed by atoms with Gasteiger partial charge in [-0.15, -0.1) is 10.2 Å². The summed E-state index contributed by atoms with van der Waals surface area (Å²) in [6.45, 7) is 1.33. The van der Waals surface area contributed by atoms with Gasteiger partial charge in [0.2, 0.25) is 12.3 Å². The van der Waals surface area contributed by atoms with Crippen molar-refractivity contribution in [3.8, 4) is 11.5 Å². The SMILES string of the molecule is O=CN1CCC(c2cc(=O)[nH]c3c(-c4nnc(C5(c6ccc(Cl)cc6)CC5)o4)cnn23)CC1. The van der Waals surface area contributed by atoms with Crippen molar-refractivity contribution in [3.05, 3.63) is 69.1 Å². The van der Waals surface area contributed by atoms with Crippen molar-refractivity contribution in [3.63, 3.8) is 0 Å². The van der Waals surface area contributed by atoms with Gasteiger partial charge in [-0.2, -0.15) is 5.10 Å². The summed E-state index contributed by atoms with van der Waals surface area (Å²) in [4.78, 5) is 28.2. The zero-order chi connectivity index (χ0) is 22.6. The molecule has 4 aromatic rings. The highest BCUT2D eigenvalue weighted by atomic mass is 35.5. The Balaban J connectivity index is 1.36. The summed E-state index contributed by atoms with van der Waals surface area (Å²) >= 11 is 6.04. The molecule has 168 valence electrons. The summed E-state index contributed by atoms with van der Waals surface area (Å²) in [5.74, 6) is 1.01. The Morgan fingerprint density at radius 2 is 1.91 bits per heavy atom. The minimum atomic E-state index is -0.288. The van der Waals surface area contributed by atoms with E-state index in [4.69, 9.17) is 16.0 Å². The zero-order valence-electron chi connectivity index (χ0n) is 17.7. The van der Waals surface area contributed by atoms with Gasteiger partial charge in [-0.3, -0.25) is 9.59 Å². The summed E-state index contributed by atoms with van der Waals surface area (Å²) < 4.78 is 7.87. The van der Waals surface area contributed by atoms with Crippen LogP contribution in [0.4, 0.5) is 0 Å². The largest absolute Gasteiger partial charge is 0.420 e. The van der Waals surface area contributed by atoms with Gasteiger partial charge < -0.3 is 14.3 Å². The first kappa shape index (κ1) is 20.2. The summed E-state index contributed by atoms with van der Waals surface area (Å²) in [7, 11) is 0. The van der Waals surface area contributed by atoms with Crippen LogP contribution >= 0.6 is 11.6 Å². The number of carbonyl (C=O) groups excluding carboxylic acids is 1. The molecule has 6 rings (SSSR count). The van der Waals surface area contributed by atoms with Gasteiger partial charge in [0.25, 0.3) is 11.4 Å². The Morgan fingerprint density at radius 3 is 2.61 bits per heavy atom. The second-order valence-electron chi connectivity index (χ2n) is 8.79. The molecule has 0 bridgehead atoms. The van der Waals surface area contributed by atoms with Crippen molar-refractivity contribution in [2.24, 2.45) is 0 Å². The van der Waals surface area contributed by atoms with E-state index in [1.54, 1.807) is 21.7 Å². The molecule has 2 aliphatic rings. The van der Waals surface area contributed by atoms with Gasteiger partial charge in [-0.05, 0) is 43.4 Å². The number of amides is 1. The van der Waals surface area contributed by atoms with Crippen LogP contribution in [-0.4, -0.2) is 49.2 Å². The molecular weight excluding hydrogens is 444 g/mol. The van der Waals surface area contributed by atoms with Crippen LogP contribution in [0.2, 0.25) is 5.02 Å². The summed E-state index contributed by atoms with van der Waals surface area (Å²) in [5.41, 5.74) is 2.54. The lowest BCUT2D eigenvalue weighted by Crippen LogP contribution is -2.32. The number of hydrogen-bond acceptors (Lipinski definition) is 6. The average molecular weight is 465 g/mol. The normalized spacial score (nSPS) is 18.0. The second-order valence-corrected chi connectivity index (χ2v) is 9.23. The van der Waals surface area contributed by atoms with Crippen molar-refractivity contribution in [2.45, 2.75) is 37.0 Å². The van der Waals surface area contributed by atoms with Gasteiger partial charge in [-0.1, -0.05) is 23.7 Å². The number of aromatic nitrogens is 5. The fourth-order valence-electron chi connectivity index (χ4n) is 4.81. The number of carbonyl (C=O) groups is 1. The number of benzene rings is 1. The molecule has 1 saturated carbocycles. The van der Waals surface area contributed by atoms with Crippen molar-refractivity contribution in [2.75, 3.05) is 13.1 Å². The molecule has 3 aromatic heterocycles. The Hall–Kier alpha value is -3.46. The lowest BCUT2D eigenvalue weighted by atomic mass is 9.93. The highest BCUT2D eigenvalue weighted by Gasteiger charge is 2.50. The highest BCUT2D eigenvalue weighted by Crippen LogP contribution is 2.53. The molecule has 1 aliphatic heterocycles. The summed E-state index contributed by atoms with van der Waals surface area (Å²) in [5, 5.41) is 13.8. The Labute approximate surface area is 193 Å². The lowest BCUT2D eigenvalue weighted by Gasteiger charge is -2.29. The molecular formula is C23H21ClN6O3. The predicted molar refractivity (Wildman–Crippen MR) is 120 cm³/mol. The molecule has 0 radical (unpaired) electrons. The van der Waals surface area contributed by atoms with Gasteiger partial charge in [0, 0.05) is 30.1 Å². The quantitative estimate of drug-likeness (QED) is 0.454. The van der Waals surface area contributed by atoms with E-state index in [-0.39, 0.29) is 16.9 Å². The van der Waals surface area contributed by atoms with Gasteiger partial charge in [0.1, 0.15) is 11.2 Å². The first-order valence-electron chi connectivity index (χ1n) is 11.0. The number of fused-ring (bicyclic) bond motifs is 1. The predicted octanol–water partition coefficient (Wildman–Crippen LogP) is 3.14. The highest BCUT2D eigenvalue weighted by molar-refractivity contribution is 6.30. The summed E-state index contributed by atoms with van der Waals surface area (Å²) in [6.07, 6.45) is 5.92. The number of aromatic amines is 1. The number of halogens is 1. The van der Waals surface area contributed by atoms with E-state index in [0.717, 1.165) is 43.4 Å². The van der Waals surface area contributed by atoms with Gasteiger partial charge in [0.15, 0.2) is 0 Å². The maximum Gasteiger partial charge on any atom is 0.253 e. The molecule has 1 aliphatic carbocycles. The third-order valence-corrected chi connectivity index (χ3v) is 7.09. The molecule has 1 aromatic carbocycles. The number of piperidine rings is 1. The Morgan fingerprint density at radius 1 is 1.15 bits per heavy atom. The summed E-state index contributed by atoms with van der Waals surface area (Å²) in [6, 6.07) is 9.31. The standard InChI is InChI=1S/C23H21ClN6O3/c24-16-3-1-15(2-4-16)23(7-8-23)22-28-27-21(33-22)17-12-25-30-18(11-19(32)26-20(17)30)14-5-9-29(13-31)10-6-14/h1-4,11-14H,5-10H2,(H,26,32). The van der Waals surface area contributed by atoms with Crippen molar-refractivity contribution >= 4 is 23.7 Å². The van der Waals surface area contributed by atoms with Crippen molar-refractivity contribution < 1.29 is 9.21 Å². The average Bonchev–Trinajstić information content (AvgIpc) is 3.29. The lowest BCUT2D eigenvalue weighted by molar-refractivity contribution is -0.119. The molecule has 1 amide bonds. The van der Waals surface area contributed by atoms with E-state index in [9.17, 15) is 9.59 Å². The smallest absolute Gasteiger partial charge is 0.253 e. The van der Waals surface area contributed by atoms with Crippen LogP contribution in [0.1, 0.15) is 48.7 Å². The Kier molecular flexibility index (Phi) is 4.62. The number of nitrogens with zero attached hydrogens (tertiary/aromatic N) is 5. The van der Waals surface area contributed by atoms with Crippen molar-refractivity contribution in [1.82, 2.24) is 29.7 Å². The van der Waals surface area contributed by atoms with E-state index in [1.165, 1.54) is 0 Å². The zero-order valence-corrected chi connectivity index (χ0v) is 18.5. The fourth-order valence-corrected chi connectivity index (χ4v) is 4.93. The van der Waals surface area contributed by atoms with Gasteiger partial charge in [-0.25, -0.2) is 4.52 Å². The van der Waals surface area contributed by atoms with E-state index >= 15 is 0 Å². The number of H-pyrrole nitrogens is 1. The second kappa shape index (κ2) is 7.55. The third kappa shape index (κ3) is 3.34. The Bertz CT molecular complexity index is 1390. The molecule has 2 fully saturated rings. The van der Waals surface area contributed by atoms with E-state index in [0.29, 0.717) is 41.1 Å². The number of rotatable bonds is 5. The minimum absolute atomic E-state index is 0.136. The topological polar surface area (TPSA) is 109 Å². The van der Waals surface area contributed by atoms with Crippen molar-refractivity contribution in [1.29, 1.82) is 0 Å². The molecule has 1 N–H and O–H groups in total. The molecule has 0 spiro atoms. The maximum atomic E-state index is 12.5. The van der Waals surface area contributed by atoms with Crippen LogP contribution < -0.4 is 5.56 Å².